The molecule has 3 nitrogen and oxygen atoms in total. The number of nitrogens with zero attached hydrogens (tertiary/aromatic N) is 3. The minimum Gasteiger partial charge on any atom is -0.261 e. The Morgan fingerprint density at radius 3 is 1.40 bits per heavy atom. The van der Waals surface area contributed by atoms with Crippen molar-refractivity contribution in [2.24, 2.45) is 0 Å². The molecule has 0 radical (unpaired) electrons. The van der Waals surface area contributed by atoms with Gasteiger partial charge in [0.05, 0.1) is 11.4 Å². The number of benzene rings is 7. The van der Waals surface area contributed by atoms with Gasteiger partial charge in [0.2, 0.25) is 0 Å². The molecule has 0 fully saturated rings. The van der Waals surface area contributed by atoms with Crippen LogP contribution in [0.25, 0.3) is 89.5 Å². The molecule has 58 heavy (non-hydrogen) atoms. The molecule has 0 saturated heterocycles. The van der Waals surface area contributed by atoms with Crippen LogP contribution < -0.4 is 0 Å². The van der Waals surface area contributed by atoms with E-state index in [1.807, 2.05) is 25.3 Å². The SMILES string of the molecule is Cc1ccc(-c2ccc(-c3ccc(-c4cc(-c5ccc6c(c5)-c5ccccc5C6(C)C)cc(-c5nc(-c6ccccc6)cc(-c6ccccc6)n5)c4)cc3)cc2)cn1. The van der Waals surface area contributed by atoms with Crippen LogP contribution in [-0.2, 0) is 5.41 Å². The average molecular weight is 744 g/mol. The largest absolute Gasteiger partial charge is 0.261 e. The van der Waals surface area contributed by atoms with Gasteiger partial charge in [-0.2, -0.15) is 0 Å². The second-order valence-corrected chi connectivity index (χ2v) is 15.8. The summed E-state index contributed by atoms with van der Waals surface area (Å²) in [7, 11) is 0. The molecule has 2 aromatic heterocycles. The molecule has 0 aliphatic heterocycles. The van der Waals surface area contributed by atoms with Gasteiger partial charge in [0.1, 0.15) is 0 Å². The predicted molar refractivity (Wildman–Crippen MR) is 240 cm³/mol. The Bertz CT molecular complexity index is 2870. The zero-order valence-corrected chi connectivity index (χ0v) is 32.8. The fraction of sp³-hybridized carbons (Fsp3) is 0.0727. The zero-order chi connectivity index (χ0) is 39.2. The van der Waals surface area contributed by atoms with Crippen molar-refractivity contribution in [3.05, 3.63) is 211 Å². The molecule has 3 heteroatoms. The molecule has 10 rings (SSSR count). The van der Waals surface area contributed by atoms with Crippen LogP contribution in [0, 0.1) is 6.92 Å². The van der Waals surface area contributed by atoms with Crippen molar-refractivity contribution in [2.75, 3.05) is 0 Å². The Hall–Kier alpha value is -7.23. The van der Waals surface area contributed by atoms with Gasteiger partial charge in [-0.1, -0.05) is 166 Å². The molecule has 0 atom stereocenters. The van der Waals surface area contributed by atoms with E-state index in [0.29, 0.717) is 5.82 Å². The quantitative estimate of drug-likeness (QED) is 0.163. The highest BCUT2D eigenvalue weighted by Gasteiger charge is 2.35. The molecule has 0 saturated carbocycles. The molecule has 0 spiro atoms. The molecular formula is C55H41N3. The summed E-state index contributed by atoms with van der Waals surface area (Å²) >= 11 is 0. The van der Waals surface area contributed by atoms with Crippen molar-refractivity contribution < 1.29 is 0 Å². The van der Waals surface area contributed by atoms with Crippen LogP contribution >= 0.6 is 0 Å². The smallest absolute Gasteiger partial charge is 0.160 e. The highest BCUT2D eigenvalue weighted by molar-refractivity contribution is 5.87. The third-order valence-electron chi connectivity index (χ3n) is 11.7. The second kappa shape index (κ2) is 14.4. The first kappa shape index (κ1) is 35.2. The molecule has 0 N–H and O–H groups in total. The number of hydrogen-bond acceptors (Lipinski definition) is 3. The van der Waals surface area contributed by atoms with Crippen LogP contribution in [0.2, 0.25) is 0 Å². The van der Waals surface area contributed by atoms with Crippen LogP contribution in [0.1, 0.15) is 30.7 Å². The summed E-state index contributed by atoms with van der Waals surface area (Å²) < 4.78 is 0. The third-order valence-corrected chi connectivity index (χ3v) is 11.7. The number of aryl methyl sites for hydroxylation is 1. The van der Waals surface area contributed by atoms with E-state index in [2.05, 4.69) is 195 Å². The Morgan fingerprint density at radius 2 is 0.810 bits per heavy atom. The molecule has 1 aliphatic carbocycles. The minimum absolute atomic E-state index is 0.0586. The Labute approximate surface area is 340 Å². The topological polar surface area (TPSA) is 38.7 Å². The third kappa shape index (κ3) is 6.51. The lowest BCUT2D eigenvalue weighted by Gasteiger charge is -2.21. The molecule has 7 aromatic carbocycles. The number of fused-ring (bicyclic) bond motifs is 3. The zero-order valence-electron chi connectivity index (χ0n) is 32.8. The highest BCUT2D eigenvalue weighted by Crippen LogP contribution is 2.49. The first-order chi connectivity index (χ1) is 28.4. The van der Waals surface area contributed by atoms with Crippen LogP contribution in [0.15, 0.2) is 194 Å². The van der Waals surface area contributed by atoms with E-state index in [9.17, 15) is 0 Å². The summed E-state index contributed by atoms with van der Waals surface area (Å²) in [6, 6.07) is 67.3. The molecule has 276 valence electrons. The highest BCUT2D eigenvalue weighted by atomic mass is 14.9. The minimum atomic E-state index is -0.0586. The van der Waals surface area contributed by atoms with Crippen molar-refractivity contribution in [3.63, 3.8) is 0 Å². The molecule has 1 aliphatic rings. The number of aromatic nitrogens is 3. The van der Waals surface area contributed by atoms with Crippen molar-refractivity contribution in [2.45, 2.75) is 26.2 Å². The standard InChI is InChI=1S/C55H41N3/c1-36-18-19-44(35-56-36)39-24-20-37(21-25-39)38-22-26-40(27-23-38)45-30-46(43-28-29-51-49(33-43)48-16-10-11-17-50(48)55(51,2)3)32-47(31-45)54-57-52(41-12-6-4-7-13-41)34-53(58-54)42-14-8-5-9-15-42/h4-35H,1-3H3. The van der Waals surface area contributed by atoms with E-state index in [1.165, 1.54) is 33.4 Å². The van der Waals surface area contributed by atoms with Crippen LogP contribution in [0.4, 0.5) is 0 Å². The van der Waals surface area contributed by atoms with Gasteiger partial charge < -0.3 is 0 Å². The summed E-state index contributed by atoms with van der Waals surface area (Å²) in [6.07, 6.45) is 1.94. The van der Waals surface area contributed by atoms with E-state index in [0.717, 1.165) is 67.2 Å². The van der Waals surface area contributed by atoms with Crippen LogP contribution in [-0.4, -0.2) is 15.0 Å². The van der Waals surface area contributed by atoms with Crippen molar-refractivity contribution >= 4 is 0 Å². The molecule has 9 aromatic rings. The summed E-state index contributed by atoms with van der Waals surface area (Å²) in [5.74, 6) is 0.691. The lowest BCUT2D eigenvalue weighted by molar-refractivity contribution is 0.660. The van der Waals surface area contributed by atoms with Gasteiger partial charge in [-0.15, -0.1) is 0 Å². The Kier molecular flexibility index (Phi) is 8.72. The number of hydrogen-bond donors (Lipinski definition) is 0. The molecule has 2 heterocycles. The first-order valence-electron chi connectivity index (χ1n) is 19.9. The van der Waals surface area contributed by atoms with E-state index >= 15 is 0 Å². The first-order valence-corrected chi connectivity index (χ1v) is 19.9. The van der Waals surface area contributed by atoms with Crippen molar-refractivity contribution in [1.29, 1.82) is 0 Å². The van der Waals surface area contributed by atoms with E-state index in [4.69, 9.17) is 9.97 Å². The van der Waals surface area contributed by atoms with Gasteiger partial charge in [0, 0.05) is 39.6 Å². The summed E-state index contributed by atoms with van der Waals surface area (Å²) in [4.78, 5) is 15.0. The lowest BCUT2D eigenvalue weighted by Crippen LogP contribution is -2.14. The number of rotatable bonds is 7. The van der Waals surface area contributed by atoms with E-state index < -0.39 is 0 Å². The summed E-state index contributed by atoms with van der Waals surface area (Å²) in [5.41, 5.74) is 20.3. The van der Waals surface area contributed by atoms with Gasteiger partial charge in [-0.25, -0.2) is 9.97 Å². The van der Waals surface area contributed by atoms with Gasteiger partial charge in [0.15, 0.2) is 5.82 Å². The normalized spacial score (nSPS) is 12.5. The monoisotopic (exact) mass is 743 g/mol. The molecule has 0 bridgehead atoms. The maximum atomic E-state index is 5.25. The maximum Gasteiger partial charge on any atom is 0.160 e. The van der Waals surface area contributed by atoms with Crippen molar-refractivity contribution in [1.82, 2.24) is 15.0 Å². The molecular weight excluding hydrogens is 703 g/mol. The molecule has 0 amide bonds. The van der Waals surface area contributed by atoms with Crippen LogP contribution in [0.3, 0.4) is 0 Å². The fourth-order valence-corrected chi connectivity index (χ4v) is 8.43. The maximum absolute atomic E-state index is 5.25. The van der Waals surface area contributed by atoms with Gasteiger partial charge in [-0.3, -0.25) is 4.98 Å². The second-order valence-electron chi connectivity index (χ2n) is 15.8. The van der Waals surface area contributed by atoms with Gasteiger partial charge in [0.25, 0.3) is 0 Å². The van der Waals surface area contributed by atoms with Crippen LogP contribution in [0.5, 0.6) is 0 Å². The lowest BCUT2D eigenvalue weighted by atomic mass is 9.82. The summed E-state index contributed by atoms with van der Waals surface area (Å²) in [6.45, 7) is 6.67. The van der Waals surface area contributed by atoms with E-state index in [-0.39, 0.29) is 5.41 Å². The Morgan fingerprint density at radius 1 is 0.345 bits per heavy atom. The van der Waals surface area contributed by atoms with Gasteiger partial charge >= 0.3 is 0 Å². The van der Waals surface area contributed by atoms with Gasteiger partial charge in [-0.05, 0) is 105 Å². The predicted octanol–water partition coefficient (Wildman–Crippen LogP) is 14.2. The summed E-state index contributed by atoms with van der Waals surface area (Å²) in [5, 5.41) is 0. The molecule has 0 unspecified atom stereocenters. The number of pyridine rings is 1. The Balaban J connectivity index is 1.10. The van der Waals surface area contributed by atoms with E-state index in [1.54, 1.807) is 0 Å². The fourth-order valence-electron chi connectivity index (χ4n) is 8.43. The van der Waals surface area contributed by atoms with Crippen molar-refractivity contribution in [3.8, 4) is 89.5 Å². The average Bonchev–Trinajstić information content (AvgIpc) is 3.52.